The molecule has 0 N–H and O–H groups in total. The molecule has 1 aromatic heterocycles. The van der Waals surface area contributed by atoms with Gasteiger partial charge in [-0.15, -0.1) is 11.3 Å². The molecule has 1 aromatic carbocycles. The number of aryl methyl sites for hydroxylation is 1. The predicted molar refractivity (Wildman–Crippen MR) is 73.9 cm³/mol. The first-order valence-corrected chi connectivity index (χ1v) is 7.42. The second-order valence-corrected chi connectivity index (χ2v) is 6.34. The Morgan fingerprint density at radius 1 is 1.24 bits per heavy atom. The SMILES string of the molecule is Cc1cc(F)c(C(Br)c2sccc2Br)cc1F. The molecule has 2 rings (SSSR count). The van der Waals surface area contributed by atoms with E-state index in [9.17, 15) is 8.78 Å². The standard InChI is InChI=1S/C12H8Br2F2S/c1-6-4-10(16)7(5-9(6)15)11(14)12-8(13)2-3-17-12/h2-5,11H,1H3. The molecule has 90 valence electrons. The third-order valence-electron chi connectivity index (χ3n) is 2.43. The van der Waals surface area contributed by atoms with E-state index in [0.29, 0.717) is 11.1 Å². The van der Waals surface area contributed by atoms with Gasteiger partial charge in [0.1, 0.15) is 11.6 Å². The fourth-order valence-electron chi connectivity index (χ4n) is 1.48. The summed E-state index contributed by atoms with van der Waals surface area (Å²) in [6.07, 6.45) is 0. The summed E-state index contributed by atoms with van der Waals surface area (Å²) in [4.78, 5) is 0.583. The van der Waals surface area contributed by atoms with Crippen LogP contribution in [0.25, 0.3) is 0 Å². The van der Waals surface area contributed by atoms with Crippen LogP contribution in [0, 0.1) is 18.6 Å². The first-order valence-electron chi connectivity index (χ1n) is 4.83. The Hall–Kier alpha value is -0.260. The predicted octanol–water partition coefficient (Wildman–Crippen LogP) is 5.58. The molecule has 2 aromatic rings. The molecule has 1 heterocycles. The number of hydrogen-bond donors (Lipinski definition) is 0. The zero-order valence-electron chi connectivity index (χ0n) is 8.81. The zero-order chi connectivity index (χ0) is 12.6. The topological polar surface area (TPSA) is 0 Å². The fourth-order valence-corrected chi connectivity index (χ4v) is 4.31. The first-order chi connectivity index (χ1) is 8.00. The molecule has 0 radical (unpaired) electrons. The van der Waals surface area contributed by atoms with Crippen molar-refractivity contribution < 1.29 is 8.78 Å². The summed E-state index contributed by atoms with van der Waals surface area (Å²) >= 11 is 8.28. The highest BCUT2D eigenvalue weighted by Crippen LogP contribution is 2.40. The molecule has 0 saturated carbocycles. The van der Waals surface area contributed by atoms with Crippen molar-refractivity contribution in [3.8, 4) is 0 Å². The highest BCUT2D eigenvalue weighted by atomic mass is 79.9. The van der Waals surface area contributed by atoms with Crippen LogP contribution < -0.4 is 0 Å². The number of benzene rings is 1. The Morgan fingerprint density at radius 3 is 2.53 bits per heavy atom. The van der Waals surface area contributed by atoms with Crippen LogP contribution in [0.15, 0.2) is 28.1 Å². The summed E-state index contributed by atoms with van der Waals surface area (Å²) < 4.78 is 28.2. The van der Waals surface area contributed by atoms with Crippen molar-refractivity contribution in [2.24, 2.45) is 0 Å². The molecule has 0 amide bonds. The fraction of sp³-hybridized carbons (Fsp3) is 0.167. The van der Waals surface area contributed by atoms with Crippen LogP contribution in [0.5, 0.6) is 0 Å². The largest absolute Gasteiger partial charge is 0.207 e. The van der Waals surface area contributed by atoms with Gasteiger partial charge in [0.15, 0.2) is 0 Å². The molecule has 17 heavy (non-hydrogen) atoms. The number of alkyl halides is 1. The van der Waals surface area contributed by atoms with Gasteiger partial charge in [0, 0.05) is 14.9 Å². The van der Waals surface area contributed by atoms with Crippen molar-refractivity contribution in [2.45, 2.75) is 11.8 Å². The molecule has 0 bridgehead atoms. The summed E-state index contributed by atoms with van der Waals surface area (Å²) in [6.45, 7) is 1.55. The lowest BCUT2D eigenvalue weighted by atomic mass is 10.1. The summed E-state index contributed by atoms with van der Waals surface area (Å²) in [6, 6.07) is 4.35. The van der Waals surface area contributed by atoms with E-state index in [4.69, 9.17) is 0 Å². The van der Waals surface area contributed by atoms with Crippen LogP contribution in [-0.2, 0) is 0 Å². The lowest BCUT2D eigenvalue weighted by Gasteiger charge is -2.11. The minimum atomic E-state index is -0.397. The summed E-state index contributed by atoms with van der Waals surface area (Å²) in [5.74, 6) is -0.787. The highest BCUT2D eigenvalue weighted by Gasteiger charge is 2.20. The van der Waals surface area contributed by atoms with E-state index in [0.717, 1.165) is 9.35 Å². The Balaban J connectivity index is 2.48. The van der Waals surface area contributed by atoms with Gasteiger partial charge >= 0.3 is 0 Å². The van der Waals surface area contributed by atoms with Crippen LogP contribution in [0.4, 0.5) is 8.78 Å². The molecule has 1 unspecified atom stereocenters. The molecule has 0 nitrogen and oxygen atoms in total. The first kappa shape index (κ1) is 13.2. The van der Waals surface area contributed by atoms with Crippen LogP contribution in [0.3, 0.4) is 0 Å². The highest BCUT2D eigenvalue weighted by molar-refractivity contribution is 9.11. The van der Waals surface area contributed by atoms with Crippen molar-refractivity contribution in [3.63, 3.8) is 0 Å². The van der Waals surface area contributed by atoms with Crippen LogP contribution in [0.1, 0.15) is 20.8 Å². The number of thiophene rings is 1. The van der Waals surface area contributed by atoms with E-state index in [1.165, 1.54) is 23.5 Å². The number of hydrogen-bond acceptors (Lipinski definition) is 1. The molecule has 0 aliphatic carbocycles. The maximum atomic E-state index is 13.8. The summed E-state index contributed by atoms with van der Waals surface area (Å²) in [5, 5.41) is 1.90. The van der Waals surface area contributed by atoms with Gasteiger partial charge in [0.2, 0.25) is 0 Å². The van der Waals surface area contributed by atoms with Gasteiger partial charge in [0.05, 0.1) is 4.83 Å². The maximum absolute atomic E-state index is 13.8. The van der Waals surface area contributed by atoms with Crippen LogP contribution >= 0.6 is 43.2 Å². The number of halogens is 4. The Kier molecular flexibility index (Phi) is 4.00. The van der Waals surface area contributed by atoms with Crippen molar-refractivity contribution in [1.82, 2.24) is 0 Å². The minimum absolute atomic E-state index is 0.316. The third kappa shape index (κ3) is 2.61. The van der Waals surface area contributed by atoms with Gasteiger partial charge in [-0.3, -0.25) is 0 Å². The molecular weight excluding hydrogens is 374 g/mol. The molecular formula is C12H8Br2F2S. The molecule has 0 fully saturated rings. The zero-order valence-corrected chi connectivity index (χ0v) is 12.8. The van der Waals surface area contributed by atoms with Crippen molar-refractivity contribution in [2.75, 3.05) is 0 Å². The van der Waals surface area contributed by atoms with Crippen LogP contribution in [-0.4, -0.2) is 0 Å². The van der Waals surface area contributed by atoms with E-state index >= 15 is 0 Å². The molecule has 0 aliphatic heterocycles. The maximum Gasteiger partial charge on any atom is 0.128 e. The van der Waals surface area contributed by atoms with E-state index in [-0.39, 0.29) is 4.83 Å². The summed E-state index contributed by atoms with van der Waals surface area (Å²) in [7, 11) is 0. The molecule has 0 spiro atoms. The van der Waals surface area contributed by atoms with Gasteiger partial charge in [-0.2, -0.15) is 0 Å². The second kappa shape index (κ2) is 5.16. The molecule has 0 saturated heterocycles. The Morgan fingerprint density at radius 2 is 1.94 bits per heavy atom. The lowest BCUT2D eigenvalue weighted by Crippen LogP contribution is -1.98. The van der Waals surface area contributed by atoms with Crippen molar-refractivity contribution >= 4 is 43.2 Å². The van der Waals surface area contributed by atoms with Gasteiger partial charge in [0.25, 0.3) is 0 Å². The number of rotatable bonds is 2. The normalized spacial score (nSPS) is 12.8. The van der Waals surface area contributed by atoms with Crippen molar-refractivity contribution in [3.05, 3.63) is 55.7 Å². The smallest absolute Gasteiger partial charge is 0.128 e. The van der Waals surface area contributed by atoms with Crippen molar-refractivity contribution in [1.29, 1.82) is 0 Å². The average Bonchev–Trinajstić information content (AvgIpc) is 2.69. The van der Waals surface area contributed by atoms with Gasteiger partial charge in [-0.1, -0.05) is 15.9 Å². The van der Waals surface area contributed by atoms with Gasteiger partial charge in [-0.05, 0) is 52.0 Å². The Bertz CT molecular complexity index is 551. The Labute approximate surface area is 119 Å². The van der Waals surface area contributed by atoms with E-state index < -0.39 is 11.6 Å². The van der Waals surface area contributed by atoms with E-state index in [2.05, 4.69) is 31.9 Å². The minimum Gasteiger partial charge on any atom is -0.207 e. The van der Waals surface area contributed by atoms with E-state index in [1.807, 2.05) is 11.4 Å². The molecule has 0 aliphatic rings. The summed E-state index contributed by atoms with van der Waals surface area (Å²) in [5.41, 5.74) is 0.632. The van der Waals surface area contributed by atoms with Gasteiger partial charge < -0.3 is 0 Å². The quantitative estimate of drug-likeness (QED) is 0.595. The average molecular weight is 382 g/mol. The van der Waals surface area contributed by atoms with Gasteiger partial charge in [-0.25, -0.2) is 8.78 Å². The molecule has 5 heteroatoms. The second-order valence-electron chi connectivity index (χ2n) is 3.62. The molecule has 1 atom stereocenters. The third-order valence-corrected chi connectivity index (χ3v) is 5.62. The lowest BCUT2D eigenvalue weighted by molar-refractivity contribution is 0.581. The van der Waals surface area contributed by atoms with E-state index in [1.54, 1.807) is 6.92 Å². The van der Waals surface area contributed by atoms with Crippen LogP contribution in [0.2, 0.25) is 0 Å². The monoisotopic (exact) mass is 380 g/mol.